The molecule has 2 aromatic rings. The number of hydrogen-bond donors (Lipinski definition) is 2. The number of rotatable bonds is 5. The lowest BCUT2D eigenvalue weighted by atomic mass is 10.2. The molecule has 0 spiro atoms. The monoisotopic (exact) mass is 289 g/mol. The molecule has 21 heavy (non-hydrogen) atoms. The number of carbonyl (C=O) groups is 1. The van der Waals surface area contributed by atoms with Crippen LogP contribution in [0.4, 0.5) is 17.5 Å². The molecule has 2 N–H and O–H groups in total. The van der Waals surface area contributed by atoms with Crippen molar-refractivity contribution in [3.63, 3.8) is 0 Å². The van der Waals surface area contributed by atoms with Crippen molar-refractivity contribution in [1.29, 1.82) is 0 Å². The molecule has 108 valence electrons. The molecule has 2 aromatic heterocycles. The number of hydrogen-bond acceptors (Lipinski definition) is 8. The second kappa shape index (κ2) is 6.32. The quantitative estimate of drug-likeness (QED) is 0.610. The third kappa shape index (κ3) is 3.43. The van der Waals surface area contributed by atoms with E-state index in [0.29, 0.717) is 12.4 Å². The fourth-order valence-electron chi connectivity index (χ4n) is 1.53. The number of anilines is 2. The number of pyridine rings is 1. The summed E-state index contributed by atoms with van der Waals surface area (Å²) < 4.78 is 0. The highest BCUT2D eigenvalue weighted by Gasteiger charge is 2.22. The molecule has 0 saturated heterocycles. The van der Waals surface area contributed by atoms with Gasteiger partial charge in [-0.3, -0.25) is 20.2 Å². The third-order valence-electron chi connectivity index (χ3n) is 2.39. The SMILES string of the molecule is CCNc1cc(C(=O)Nc2nccnn2)c([N+](=O)[O-])cn1. The highest BCUT2D eigenvalue weighted by molar-refractivity contribution is 6.06. The number of nitrogens with zero attached hydrogens (tertiary/aromatic N) is 5. The fraction of sp³-hybridized carbons (Fsp3) is 0.182. The minimum Gasteiger partial charge on any atom is -0.370 e. The van der Waals surface area contributed by atoms with Gasteiger partial charge in [-0.25, -0.2) is 9.97 Å². The van der Waals surface area contributed by atoms with Crippen LogP contribution in [-0.4, -0.2) is 37.5 Å². The van der Waals surface area contributed by atoms with E-state index in [0.717, 1.165) is 6.20 Å². The zero-order chi connectivity index (χ0) is 15.2. The summed E-state index contributed by atoms with van der Waals surface area (Å²) in [6, 6.07) is 1.30. The number of amides is 1. The van der Waals surface area contributed by atoms with Gasteiger partial charge in [-0.2, -0.15) is 5.10 Å². The van der Waals surface area contributed by atoms with Crippen molar-refractivity contribution in [3.8, 4) is 0 Å². The number of nitro groups is 1. The first kappa shape index (κ1) is 14.2. The summed E-state index contributed by atoms with van der Waals surface area (Å²) in [7, 11) is 0. The first-order valence-corrected chi connectivity index (χ1v) is 5.95. The maximum atomic E-state index is 12.1. The van der Waals surface area contributed by atoms with Crippen molar-refractivity contribution in [3.05, 3.63) is 40.3 Å². The highest BCUT2D eigenvalue weighted by Crippen LogP contribution is 2.21. The average Bonchev–Trinajstić information content (AvgIpc) is 2.48. The molecule has 0 bridgehead atoms. The molecule has 0 aliphatic heterocycles. The van der Waals surface area contributed by atoms with Gasteiger partial charge in [0.05, 0.1) is 17.3 Å². The van der Waals surface area contributed by atoms with E-state index in [1.54, 1.807) is 0 Å². The van der Waals surface area contributed by atoms with E-state index in [2.05, 4.69) is 30.8 Å². The largest absolute Gasteiger partial charge is 0.370 e. The summed E-state index contributed by atoms with van der Waals surface area (Å²) in [4.78, 5) is 30.0. The zero-order valence-electron chi connectivity index (χ0n) is 11.0. The Balaban J connectivity index is 2.33. The van der Waals surface area contributed by atoms with Crippen molar-refractivity contribution in [2.75, 3.05) is 17.2 Å². The van der Waals surface area contributed by atoms with Gasteiger partial charge in [0.2, 0.25) is 5.95 Å². The standard InChI is InChI=1S/C11H11N7O3/c1-2-12-9-5-7(8(6-14-9)18(20)21)10(19)16-11-13-3-4-15-17-11/h3-6H,2H2,1H3,(H,12,14)(H,13,16,17,19). The summed E-state index contributed by atoms with van der Waals surface area (Å²) in [6.07, 6.45) is 3.71. The van der Waals surface area contributed by atoms with Crippen LogP contribution >= 0.6 is 0 Å². The lowest BCUT2D eigenvalue weighted by Crippen LogP contribution is -2.17. The Morgan fingerprint density at radius 3 is 2.81 bits per heavy atom. The molecule has 0 radical (unpaired) electrons. The predicted molar refractivity (Wildman–Crippen MR) is 72.8 cm³/mol. The van der Waals surface area contributed by atoms with Crippen LogP contribution < -0.4 is 10.6 Å². The highest BCUT2D eigenvalue weighted by atomic mass is 16.6. The molecule has 10 nitrogen and oxygen atoms in total. The zero-order valence-corrected chi connectivity index (χ0v) is 11.0. The van der Waals surface area contributed by atoms with Crippen LogP contribution in [0.5, 0.6) is 0 Å². The van der Waals surface area contributed by atoms with Crippen molar-refractivity contribution in [1.82, 2.24) is 20.2 Å². The van der Waals surface area contributed by atoms with Crippen LogP contribution in [0.2, 0.25) is 0 Å². The van der Waals surface area contributed by atoms with Crippen LogP contribution in [0.15, 0.2) is 24.7 Å². The smallest absolute Gasteiger partial charge is 0.300 e. The van der Waals surface area contributed by atoms with E-state index in [1.807, 2.05) is 6.92 Å². The Hall–Kier alpha value is -3.17. The topological polar surface area (TPSA) is 136 Å². The van der Waals surface area contributed by atoms with Gasteiger partial charge in [0.15, 0.2) is 0 Å². The lowest BCUT2D eigenvalue weighted by molar-refractivity contribution is -0.385. The van der Waals surface area contributed by atoms with E-state index in [9.17, 15) is 14.9 Å². The fourth-order valence-corrected chi connectivity index (χ4v) is 1.53. The third-order valence-corrected chi connectivity index (χ3v) is 2.39. The molecule has 0 aliphatic rings. The molecule has 1 amide bonds. The van der Waals surface area contributed by atoms with Crippen LogP contribution in [0.1, 0.15) is 17.3 Å². The van der Waals surface area contributed by atoms with E-state index < -0.39 is 16.5 Å². The van der Waals surface area contributed by atoms with E-state index in [-0.39, 0.29) is 11.5 Å². The van der Waals surface area contributed by atoms with Gasteiger partial charge in [-0.1, -0.05) is 0 Å². The maximum Gasteiger partial charge on any atom is 0.300 e. The molecular formula is C11H11N7O3. The van der Waals surface area contributed by atoms with Crippen LogP contribution in [0.25, 0.3) is 0 Å². The van der Waals surface area contributed by atoms with Crippen LogP contribution in [0.3, 0.4) is 0 Å². The Labute approximate surface area is 118 Å². The van der Waals surface area contributed by atoms with Crippen molar-refractivity contribution >= 4 is 23.4 Å². The molecule has 2 heterocycles. The normalized spacial score (nSPS) is 9.95. The molecule has 0 aromatic carbocycles. The van der Waals surface area contributed by atoms with Gasteiger partial charge in [0.1, 0.15) is 17.6 Å². The van der Waals surface area contributed by atoms with Crippen LogP contribution in [-0.2, 0) is 0 Å². The molecule has 2 rings (SSSR count). The minimum absolute atomic E-state index is 0.0430. The molecule has 0 atom stereocenters. The Kier molecular flexibility index (Phi) is 4.29. The molecular weight excluding hydrogens is 278 g/mol. The van der Waals surface area contributed by atoms with Gasteiger partial charge in [0, 0.05) is 12.6 Å². The van der Waals surface area contributed by atoms with Gasteiger partial charge in [-0.15, -0.1) is 5.10 Å². The predicted octanol–water partition coefficient (Wildman–Crippen LogP) is 0.859. The molecule has 0 aliphatic carbocycles. The summed E-state index contributed by atoms with van der Waals surface area (Å²) in [6.45, 7) is 2.41. The Morgan fingerprint density at radius 1 is 1.38 bits per heavy atom. The van der Waals surface area contributed by atoms with E-state index in [4.69, 9.17) is 0 Å². The maximum absolute atomic E-state index is 12.1. The first-order valence-electron chi connectivity index (χ1n) is 5.95. The van der Waals surface area contributed by atoms with Crippen LogP contribution in [0, 0.1) is 10.1 Å². The number of nitrogens with one attached hydrogen (secondary N) is 2. The van der Waals surface area contributed by atoms with Crippen molar-refractivity contribution in [2.45, 2.75) is 6.92 Å². The molecule has 0 fully saturated rings. The van der Waals surface area contributed by atoms with Gasteiger partial charge in [0.25, 0.3) is 11.6 Å². The Morgan fingerprint density at radius 2 is 2.19 bits per heavy atom. The average molecular weight is 289 g/mol. The van der Waals surface area contributed by atoms with Gasteiger partial charge in [-0.05, 0) is 6.92 Å². The molecule has 0 unspecified atom stereocenters. The second-order valence-electron chi connectivity index (χ2n) is 3.79. The first-order chi connectivity index (χ1) is 10.1. The lowest BCUT2D eigenvalue weighted by Gasteiger charge is -2.06. The van der Waals surface area contributed by atoms with Crippen molar-refractivity contribution in [2.24, 2.45) is 0 Å². The Bertz CT molecular complexity index is 662. The molecule has 0 saturated carbocycles. The number of carbonyl (C=O) groups excluding carboxylic acids is 1. The summed E-state index contributed by atoms with van der Waals surface area (Å²) in [5.74, 6) is -0.393. The summed E-state index contributed by atoms with van der Waals surface area (Å²) in [5.41, 5.74) is -0.545. The van der Waals surface area contributed by atoms with Crippen molar-refractivity contribution < 1.29 is 9.72 Å². The van der Waals surface area contributed by atoms with Gasteiger partial charge < -0.3 is 5.32 Å². The number of aromatic nitrogens is 4. The minimum atomic E-state index is -0.712. The van der Waals surface area contributed by atoms with E-state index in [1.165, 1.54) is 18.5 Å². The summed E-state index contributed by atoms with van der Waals surface area (Å²) in [5, 5.41) is 23.3. The van der Waals surface area contributed by atoms with Gasteiger partial charge >= 0.3 is 0 Å². The summed E-state index contributed by atoms with van der Waals surface area (Å²) >= 11 is 0. The molecule has 10 heteroatoms. The van der Waals surface area contributed by atoms with E-state index >= 15 is 0 Å². The second-order valence-corrected chi connectivity index (χ2v) is 3.79.